The lowest BCUT2D eigenvalue weighted by molar-refractivity contribution is -0.138. The van der Waals surface area contributed by atoms with E-state index in [1.807, 2.05) is 0 Å². The molecule has 1 aromatic carbocycles. The number of benzene rings is 1. The van der Waals surface area contributed by atoms with Gasteiger partial charge in [0.15, 0.2) is 0 Å². The molecule has 4 nitrogen and oxygen atoms in total. The van der Waals surface area contributed by atoms with Gasteiger partial charge in [-0.2, -0.15) is 0 Å². The summed E-state index contributed by atoms with van der Waals surface area (Å²) in [5, 5.41) is 9.25. The van der Waals surface area contributed by atoms with Crippen LogP contribution in [0.5, 0.6) is 0 Å². The maximum atomic E-state index is 13.6. The molecule has 1 aromatic heterocycles. The number of carbonyl (C=O) groups is 2. The summed E-state index contributed by atoms with van der Waals surface area (Å²) in [4.78, 5) is 24.8. The minimum atomic E-state index is -1.07. The molecule has 2 aromatic rings. The van der Waals surface area contributed by atoms with Crippen molar-refractivity contribution >= 4 is 33.3 Å². The summed E-state index contributed by atoms with van der Waals surface area (Å²) in [6.07, 6.45) is 0. The number of fused-ring (bicyclic) bond motifs is 1. The van der Waals surface area contributed by atoms with E-state index >= 15 is 0 Å². The minimum absolute atomic E-state index is 0.242. The lowest BCUT2D eigenvalue weighted by Crippen LogP contribution is -2.40. The van der Waals surface area contributed by atoms with Crippen LogP contribution in [-0.4, -0.2) is 34.5 Å². The van der Waals surface area contributed by atoms with Crippen LogP contribution >= 0.6 is 11.3 Å². The molecule has 0 bridgehead atoms. The summed E-state index contributed by atoms with van der Waals surface area (Å²) < 4.78 is 14.3. The molecule has 0 spiro atoms. The Hall–Kier alpha value is -1.95. The van der Waals surface area contributed by atoms with Crippen LogP contribution in [0.15, 0.2) is 24.3 Å². The summed E-state index contributed by atoms with van der Waals surface area (Å²) >= 11 is 1.17. The van der Waals surface area contributed by atoms with Crippen molar-refractivity contribution in [2.45, 2.75) is 19.9 Å². The first-order valence-corrected chi connectivity index (χ1v) is 6.92. The van der Waals surface area contributed by atoms with Crippen LogP contribution in [0.4, 0.5) is 4.39 Å². The maximum absolute atomic E-state index is 13.6. The highest BCUT2D eigenvalue weighted by Gasteiger charge is 2.23. The van der Waals surface area contributed by atoms with E-state index in [1.165, 1.54) is 28.4 Å². The molecule has 6 heteroatoms. The van der Waals surface area contributed by atoms with E-state index in [1.54, 1.807) is 26.0 Å². The van der Waals surface area contributed by atoms with Crippen LogP contribution in [-0.2, 0) is 4.79 Å². The van der Waals surface area contributed by atoms with Gasteiger partial charge in [0.25, 0.3) is 5.91 Å². The summed E-state index contributed by atoms with van der Waals surface area (Å²) in [5.74, 6) is -1.84. The smallest absolute Gasteiger partial charge is 0.323 e. The van der Waals surface area contributed by atoms with Gasteiger partial charge in [-0.05, 0) is 32.0 Å². The molecule has 0 unspecified atom stereocenters. The molecule has 20 heavy (non-hydrogen) atoms. The van der Waals surface area contributed by atoms with Crippen LogP contribution in [0.1, 0.15) is 23.5 Å². The number of halogens is 1. The standard InChI is InChI=1S/C14H14FNO3S/c1-8(2)16(7-13(17)18)14(19)12-6-9-10(15)4-3-5-11(9)20-12/h3-6,8H,7H2,1-2H3,(H,17,18). The van der Waals surface area contributed by atoms with Crippen molar-refractivity contribution in [3.05, 3.63) is 35.0 Å². The second-order valence-electron chi connectivity index (χ2n) is 4.68. The first-order valence-electron chi connectivity index (χ1n) is 6.11. The average molecular weight is 295 g/mol. The van der Waals surface area contributed by atoms with Gasteiger partial charge in [0, 0.05) is 16.1 Å². The molecule has 2 rings (SSSR count). The normalized spacial score (nSPS) is 11.0. The maximum Gasteiger partial charge on any atom is 0.323 e. The van der Waals surface area contributed by atoms with Crippen molar-refractivity contribution in [3.63, 3.8) is 0 Å². The number of hydrogen-bond acceptors (Lipinski definition) is 3. The van der Waals surface area contributed by atoms with Gasteiger partial charge in [0.1, 0.15) is 12.4 Å². The summed E-state index contributed by atoms with van der Waals surface area (Å²) in [5.41, 5.74) is 0. The molecular formula is C14H14FNO3S. The summed E-state index contributed by atoms with van der Waals surface area (Å²) in [6.45, 7) is 3.12. The van der Waals surface area contributed by atoms with Gasteiger partial charge in [0.2, 0.25) is 0 Å². The van der Waals surface area contributed by atoms with Gasteiger partial charge in [-0.15, -0.1) is 11.3 Å². The largest absolute Gasteiger partial charge is 0.480 e. The number of aliphatic carboxylic acids is 1. The zero-order valence-electron chi connectivity index (χ0n) is 11.1. The zero-order valence-corrected chi connectivity index (χ0v) is 11.9. The molecule has 0 atom stereocenters. The number of carboxylic acids is 1. The number of rotatable bonds is 4. The van der Waals surface area contributed by atoms with E-state index in [2.05, 4.69) is 0 Å². The number of amides is 1. The Morgan fingerprint density at radius 1 is 1.40 bits per heavy atom. The fourth-order valence-electron chi connectivity index (χ4n) is 1.91. The highest BCUT2D eigenvalue weighted by Crippen LogP contribution is 2.28. The Morgan fingerprint density at radius 3 is 2.65 bits per heavy atom. The molecule has 0 aliphatic heterocycles. The van der Waals surface area contributed by atoms with Gasteiger partial charge in [-0.25, -0.2) is 4.39 Å². The Morgan fingerprint density at radius 2 is 2.10 bits per heavy atom. The van der Waals surface area contributed by atoms with E-state index in [-0.39, 0.29) is 24.3 Å². The van der Waals surface area contributed by atoms with E-state index in [0.29, 0.717) is 15.0 Å². The molecule has 1 N–H and O–H groups in total. The van der Waals surface area contributed by atoms with Gasteiger partial charge in [0.05, 0.1) is 4.88 Å². The van der Waals surface area contributed by atoms with Crippen LogP contribution in [0.25, 0.3) is 10.1 Å². The molecule has 0 aliphatic carbocycles. The summed E-state index contributed by atoms with van der Waals surface area (Å²) in [7, 11) is 0. The van der Waals surface area contributed by atoms with Crippen molar-refractivity contribution in [1.29, 1.82) is 0 Å². The fourth-order valence-corrected chi connectivity index (χ4v) is 2.94. The first-order chi connectivity index (χ1) is 9.40. The molecule has 0 saturated carbocycles. The van der Waals surface area contributed by atoms with Crippen LogP contribution in [0.2, 0.25) is 0 Å². The Labute approximate surface area is 119 Å². The molecular weight excluding hydrogens is 281 g/mol. The van der Waals surface area contributed by atoms with Gasteiger partial charge in [-0.3, -0.25) is 9.59 Å². The number of thiophene rings is 1. The van der Waals surface area contributed by atoms with Crippen molar-refractivity contribution in [2.24, 2.45) is 0 Å². The molecule has 0 radical (unpaired) electrons. The predicted molar refractivity (Wildman–Crippen MR) is 75.6 cm³/mol. The lowest BCUT2D eigenvalue weighted by Gasteiger charge is -2.24. The van der Waals surface area contributed by atoms with Crippen LogP contribution < -0.4 is 0 Å². The third kappa shape index (κ3) is 2.80. The highest BCUT2D eigenvalue weighted by atomic mass is 32.1. The van der Waals surface area contributed by atoms with Crippen molar-refractivity contribution in [3.8, 4) is 0 Å². The average Bonchev–Trinajstić information content (AvgIpc) is 2.80. The minimum Gasteiger partial charge on any atom is -0.480 e. The third-order valence-electron chi connectivity index (χ3n) is 2.91. The van der Waals surface area contributed by atoms with E-state index in [9.17, 15) is 14.0 Å². The van der Waals surface area contributed by atoms with Gasteiger partial charge < -0.3 is 10.0 Å². The fraction of sp³-hybridized carbons (Fsp3) is 0.286. The van der Waals surface area contributed by atoms with Gasteiger partial charge >= 0.3 is 5.97 Å². The quantitative estimate of drug-likeness (QED) is 0.943. The Bertz CT molecular complexity index is 665. The number of carbonyl (C=O) groups excluding carboxylic acids is 1. The number of hydrogen-bond donors (Lipinski definition) is 1. The van der Waals surface area contributed by atoms with E-state index < -0.39 is 5.97 Å². The van der Waals surface area contributed by atoms with Crippen LogP contribution in [0, 0.1) is 5.82 Å². The zero-order chi connectivity index (χ0) is 14.9. The highest BCUT2D eigenvalue weighted by molar-refractivity contribution is 7.20. The number of carboxylic acid groups (broad SMARTS) is 1. The van der Waals surface area contributed by atoms with Crippen molar-refractivity contribution in [2.75, 3.05) is 6.54 Å². The molecule has 1 amide bonds. The topological polar surface area (TPSA) is 57.6 Å². The monoisotopic (exact) mass is 295 g/mol. The predicted octanol–water partition coefficient (Wildman–Crippen LogP) is 2.98. The first kappa shape index (κ1) is 14.5. The van der Waals surface area contributed by atoms with Crippen LogP contribution in [0.3, 0.4) is 0 Å². The third-order valence-corrected chi connectivity index (χ3v) is 4.00. The molecule has 1 heterocycles. The lowest BCUT2D eigenvalue weighted by atomic mass is 10.2. The number of nitrogens with zero attached hydrogens (tertiary/aromatic N) is 1. The summed E-state index contributed by atoms with van der Waals surface area (Å²) in [6, 6.07) is 5.89. The molecule has 0 fully saturated rings. The van der Waals surface area contributed by atoms with Crippen molar-refractivity contribution < 1.29 is 19.1 Å². The van der Waals surface area contributed by atoms with Crippen molar-refractivity contribution in [1.82, 2.24) is 4.90 Å². The molecule has 0 aliphatic rings. The Kier molecular flexibility index (Phi) is 4.04. The molecule has 0 saturated heterocycles. The van der Waals surface area contributed by atoms with Gasteiger partial charge in [-0.1, -0.05) is 6.07 Å². The molecule has 106 valence electrons. The second-order valence-corrected chi connectivity index (χ2v) is 5.77. The SMILES string of the molecule is CC(C)N(CC(=O)O)C(=O)c1cc2c(F)cccc2s1. The Balaban J connectivity index is 2.38. The van der Waals surface area contributed by atoms with E-state index in [4.69, 9.17) is 5.11 Å². The van der Waals surface area contributed by atoms with E-state index in [0.717, 1.165) is 0 Å². The second kappa shape index (κ2) is 5.58.